The number of hydrogen-bond donors (Lipinski definition) is 2. The second kappa shape index (κ2) is 5.54. The quantitative estimate of drug-likeness (QED) is 0.806. The molecule has 3 N–H and O–H groups in total. The average molecular weight is 365 g/mol. The van der Waals surface area contributed by atoms with Crippen LogP contribution in [0.5, 0.6) is 0 Å². The Balaban J connectivity index is 2.08. The number of carbonyl (C=O) groups excluding carboxylic acids is 1. The maximum atomic E-state index is 12.0. The number of hydrogen-bond acceptors (Lipinski definition) is 2. The second-order valence-electron chi connectivity index (χ2n) is 4.28. The third-order valence-corrected chi connectivity index (χ3v) is 3.92. The van der Waals surface area contributed by atoms with Crippen LogP contribution in [0.1, 0.15) is 23.2 Å². The van der Waals surface area contributed by atoms with Gasteiger partial charge in [-0.05, 0) is 59.5 Å². The smallest absolute Gasteiger partial charge is 0.253 e. The Bertz CT molecular complexity index is 435. The van der Waals surface area contributed by atoms with Crippen LogP contribution in [0.4, 0.5) is 0 Å². The van der Waals surface area contributed by atoms with Gasteiger partial charge in [-0.25, -0.2) is 0 Å². The summed E-state index contributed by atoms with van der Waals surface area (Å²) in [5.41, 5.74) is 6.17. The van der Waals surface area contributed by atoms with Crippen molar-refractivity contribution < 1.29 is 4.79 Å². The summed E-state index contributed by atoms with van der Waals surface area (Å²) in [4.78, 5) is 12.0. The van der Waals surface area contributed by atoms with E-state index in [0.29, 0.717) is 23.0 Å². The number of benzene rings is 1. The van der Waals surface area contributed by atoms with Crippen molar-refractivity contribution in [1.29, 1.82) is 0 Å². The summed E-state index contributed by atoms with van der Waals surface area (Å²) < 4.78 is 1.02. The summed E-state index contributed by atoms with van der Waals surface area (Å²) in [6.45, 7) is 0.485. The van der Waals surface area contributed by atoms with Gasteiger partial charge in [-0.3, -0.25) is 4.79 Å². The highest BCUT2D eigenvalue weighted by Crippen LogP contribution is 2.32. The van der Waals surface area contributed by atoms with Gasteiger partial charge in [0.25, 0.3) is 5.91 Å². The van der Waals surface area contributed by atoms with E-state index >= 15 is 0 Å². The molecule has 0 aromatic heterocycles. The maximum absolute atomic E-state index is 12.0. The predicted octanol–water partition coefficient (Wildman–Crippen LogP) is 2.41. The van der Waals surface area contributed by atoms with Crippen LogP contribution in [0.15, 0.2) is 18.2 Å². The molecule has 17 heavy (non-hydrogen) atoms. The van der Waals surface area contributed by atoms with Crippen molar-refractivity contribution in [2.45, 2.75) is 18.9 Å². The molecular weight excluding hydrogens is 351 g/mol. The molecular formula is C12H14ClIN2O. The van der Waals surface area contributed by atoms with E-state index in [1.807, 2.05) is 6.07 Å². The van der Waals surface area contributed by atoms with Crippen LogP contribution in [0.25, 0.3) is 0 Å². The third-order valence-electron chi connectivity index (χ3n) is 2.94. The van der Waals surface area contributed by atoms with Crippen LogP contribution < -0.4 is 11.1 Å². The first-order valence-corrected chi connectivity index (χ1v) is 7.03. The summed E-state index contributed by atoms with van der Waals surface area (Å²) in [6.07, 6.45) is 2.31. The maximum Gasteiger partial charge on any atom is 0.253 e. The number of nitrogens with two attached hydrogens (primary N) is 1. The third kappa shape index (κ3) is 3.33. The lowest BCUT2D eigenvalue weighted by molar-refractivity contribution is 0.0933. The predicted molar refractivity (Wildman–Crippen MR) is 77.2 cm³/mol. The molecule has 1 fully saturated rings. The number of rotatable bonds is 4. The highest BCUT2D eigenvalue weighted by Gasteiger charge is 2.31. The van der Waals surface area contributed by atoms with Crippen molar-refractivity contribution in [2.24, 2.45) is 11.7 Å². The molecule has 1 amide bonds. The molecule has 1 aromatic rings. The largest absolute Gasteiger partial charge is 0.348 e. The fourth-order valence-corrected chi connectivity index (χ4v) is 2.73. The number of nitrogens with one attached hydrogen (secondary N) is 1. The molecule has 2 rings (SSSR count). The molecule has 0 spiro atoms. The Kier molecular flexibility index (Phi) is 4.27. The SMILES string of the molecule is NCC(NC(=O)c1ccc(I)cc1Cl)C1CC1. The summed E-state index contributed by atoms with van der Waals surface area (Å²) in [5, 5.41) is 3.44. The van der Waals surface area contributed by atoms with Gasteiger partial charge < -0.3 is 11.1 Å². The minimum atomic E-state index is -0.131. The molecule has 0 saturated heterocycles. The van der Waals surface area contributed by atoms with Crippen LogP contribution in [0.2, 0.25) is 5.02 Å². The topological polar surface area (TPSA) is 55.1 Å². The van der Waals surface area contributed by atoms with Gasteiger partial charge >= 0.3 is 0 Å². The monoisotopic (exact) mass is 364 g/mol. The molecule has 1 aromatic carbocycles. The summed E-state index contributed by atoms with van der Waals surface area (Å²) in [6, 6.07) is 5.49. The van der Waals surface area contributed by atoms with Crippen LogP contribution in [0, 0.1) is 9.49 Å². The van der Waals surface area contributed by atoms with Gasteiger partial charge in [0.05, 0.1) is 10.6 Å². The lowest BCUT2D eigenvalue weighted by Gasteiger charge is -2.16. The van der Waals surface area contributed by atoms with Gasteiger partial charge in [-0.2, -0.15) is 0 Å². The molecule has 1 atom stereocenters. The van der Waals surface area contributed by atoms with Gasteiger partial charge in [0.2, 0.25) is 0 Å². The Labute approximate surface area is 119 Å². The molecule has 1 saturated carbocycles. The van der Waals surface area contributed by atoms with E-state index in [1.165, 1.54) is 0 Å². The number of halogens is 2. The molecule has 92 valence electrons. The molecule has 5 heteroatoms. The molecule has 0 radical (unpaired) electrons. The van der Waals surface area contributed by atoms with E-state index in [-0.39, 0.29) is 11.9 Å². The van der Waals surface area contributed by atoms with E-state index in [1.54, 1.807) is 12.1 Å². The van der Waals surface area contributed by atoms with E-state index in [4.69, 9.17) is 17.3 Å². The molecule has 0 bridgehead atoms. The van der Waals surface area contributed by atoms with Gasteiger partial charge in [0.15, 0.2) is 0 Å². The Hall–Kier alpha value is -0.330. The highest BCUT2D eigenvalue weighted by molar-refractivity contribution is 14.1. The van der Waals surface area contributed by atoms with Crippen LogP contribution in [-0.4, -0.2) is 18.5 Å². The molecule has 1 unspecified atom stereocenters. The standard InChI is InChI=1S/C12H14ClIN2O/c13-10-5-8(14)3-4-9(10)12(17)16-11(6-15)7-1-2-7/h3-5,7,11H,1-2,6,15H2,(H,16,17). The Morgan fingerprint density at radius 2 is 2.29 bits per heavy atom. The fourth-order valence-electron chi connectivity index (χ4n) is 1.79. The van der Waals surface area contributed by atoms with Crippen LogP contribution in [-0.2, 0) is 0 Å². The van der Waals surface area contributed by atoms with Gasteiger partial charge in [0.1, 0.15) is 0 Å². The van der Waals surface area contributed by atoms with E-state index in [2.05, 4.69) is 27.9 Å². The Morgan fingerprint density at radius 1 is 1.59 bits per heavy atom. The van der Waals surface area contributed by atoms with Crippen molar-refractivity contribution in [3.05, 3.63) is 32.4 Å². The molecule has 0 heterocycles. The Morgan fingerprint density at radius 3 is 2.82 bits per heavy atom. The first-order chi connectivity index (χ1) is 8.11. The van der Waals surface area contributed by atoms with Crippen LogP contribution >= 0.6 is 34.2 Å². The van der Waals surface area contributed by atoms with Crippen molar-refractivity contribution in [1.82, 2.24) is 5.32 Å². The zero-order chi connectivity index (χ0) is 12.4. The van der Waals surface area contributed by atoms with Crippen LogP contribution in [0.3, 0.4) is 0 Å². The number of amides is 1. The van der Waals surface area contributed by atoms with Crippen molar-refractivity contribution in [2.75, 3.05) is 6.54 Å². The second-order valence-corrected chi connectivity index (χ2v) is 5.93. The highest BCUT2D eigenvalue weighted by atomic mass is 127. The zero-order valence-corrected chi connectivity index (χ0v) is 12.2. The first-order valence-electron chi connectivity index (χ1n) is 5.58. The summed E-state index contributed by atoms with van der Waals surface area (Å²) in [7, 11) is 0. The van der Waals surface area contributed by atoms with Crippen molar-refractivity contribution in [3.63, 3.8) is 0 Å². The zero-order valence-electron chi connectivity index (χ0n) is 9.25. The first kappa shape index (κ1) is 13.1. The minimum Gasteiger partial charge on any atom is -0.348 e. The minimum absolute atomic E-state index is 0.0813. The summed E-state index contributed by atoms with van der Waals surface area (Å²) in [5.74, 6) is 0.417. The average Bonchev–Trinajstić information content (AvgIpc) is 3.09. The van der Waals surface area contributed by atoms with Gasteiger partial charge in [-0.1, -0.05) is 11.6 Å². The molecule has 1 aliphatic rings. The lowest BCUT2D eigenvalue weighted by atomic mass is 10.1. The van der Waals surface area contributed by atoms with E-state index in [0.717, 1.165) is 16.4 Å². The van der Waals surface area contributed by atoms with E-state index in [9.17, 15) is 4.79 Å². The van der Waals surface area contributed by atoms with Gasteiger partial charge in [0, 0.05) is 16.2 Å². The number of carbonyl (C=O) groups is 1. The molecule has 0 aliphatic heterocycles. The summed E-state index contributed by atoms with van der Waals surface area (Å²) >= 11 is 8.21. The lowest BCUT2D eigenvalue weighted by Crippen LogP contribution is -2.41. The normalized spacial score (nSPS) is 16.6. The van der Waals surface area contributed by atoms with E-state index < -0.39 is 0 Å². The molecule has 1 aliphatic carbocycles. The molecule has 3 nitrogen and oxygen atoms in total. The fraction of sp³-hybridized carbons (Fsp3) is 0.417. The van der Waals surface area contributed by atoms with Crippen molar-refractivity contribution in [3.8, 4) is 0 Å². The van der Waals surface area contributed by atoms with Crippen molar-refractivity contribution >= 4 is 40.1 Å². The van der Waals surface area contributed by atoms with Gasteiger partial charge in [-0.15, -0.1) is 0 Å².